The highest BCUT2D eigenvalue weighted by Crippen LogP contribution is 2.32. The zero-order valence-electron chi connectivity index (χ0n) is 16.0. The van der Waals surface area contributed by atoms with E-state index in [0.717, 1.165) is 0 Å². The van der Waals surface area contributed by atoms with Crippen LogP contribution in [0.3, 0.4) is 0 Å². The molecule has 0 aliphatic carbocycles. The summed E-state index contributed by atoms with van der Waals surface area (Å²) < 4.78 is 16.1. The van der Waals surface area contributed by atoms with E-state index < -0.39 is 79.5 Å². The summed E-state index contributed by atoms with van der Waals surface area (Å²) >= 11 is 0. The van der Waals surface area contributed by atoms with Crippen LogP contribution in [0.1, 0.15) is 20.3 Å². The van der Waals surface area contributed by atoms with Crippen molar-refractivity contribution in [2.75, 3.05) is 6.61 Å². The molecule has 0 aromatic rings. The Morgan fingerprint density at radius 3 is 1.93 bits per heavy atom. The maximum absolute atomic E-state index is 10.6. The summed E-state index contributed by atoms with van der Waals surface area (Å²) in [6, 6.07) is 1.89. The summed E-state index contributed by atoms with van der Waals surface area (Å²) in [5, 5.41) is 89.6. The third-order valence-corrected chi connectivity index (χ3v) is 5.50. The first-order valence-corrected chi connectivity index (χ1v) is 9.28. The van der Waals surface area contributed by atoms with Crippen molar-refractivity contribution < 1.29 is 55.1 Å². The molecular formula is C17H29NO11. The molecule has 0 radical (unpaired) electrons. The lowest BCUT2D eigenvalue weighted by Crippen LogP contribution is -2.68. The highest BCUT2D eigenvalue weighted by Gasteiger charge is 2.54. The molecule has 0 saturated carbocycles. The molecule has 12 heteroatoms. The van der Waals surface area contributed by atoms with Gasteiger partial charge in [-0.2, -0.15) is 5.26 Å². The molecule has 0 spiro atoms. The molecule has 29 heavy (non-hydrogen) atoms. The smallest absolute Gasteiger partial charge is 0.188 e. The molecular weight excluding hydrogens is 394 g/mol. The molecule has 8 N–H and O–H groups in total. The van der Waals surface area contributed by atoms with Gasteiger partial charge >= 0.3 is 0 Å². The van der Waals surface area contributed by atoms with E-state index in [2.05, 4.69) is 0 Å². The molecule has 168 valence electrons. The Labute approximate surface area is 167 Å². The minimum Gasteiger partial charge on any atom is -0.394 e. The quantitative estimate of drug-likeness (QED) is 0.204. The number of nitrogens with zero attached hydrogens (tertiary/aromatic N) is 1. The van der Waals surface area contributed by atoms with Crippen LogP contribution in [0.4, 0.5) is 0 Å². The molecule has 2 aliphatic heterocycles. The highest BCUT2D eigenvalue weighted by atomic mass is 16.7. The van der Waals surface area contributed by atoms with E-state index >= 15 is 0 Å². The number of rotatable bonds is 6. The van der Waals surface area contributed by atoms with Crippen molar-refractivity contribution in [3.8, 4) is 6.07 Å². The lowest BCUT2D eigenvalue weighted by molar-refractivity contribution is -0.340. The molecule has 2 saturated heterocycles. The molecule has 2 aliphatic rings. The second-order valence-electron chi connectivity index (χ2n) is 7.54. The Balaban J connectivity index is 2.23. The van der Waals surface area contributed by atoms with E-state index in [9.17, 15) is 46.1 Å². The molecule has 1 unspecified atom stereocenters. The van der Waals surface area contributed by atoms with Gasteiger partial charge in [0.05, 0.1) is 12.7 Å². The SMILES string of the molecule is CC[C@](C)(C#N)O[C@@H]1O[C@H](C(O)[C@@H]2O[C@H](CO)[C@@H](O)[C@H](O)[C@H]2O)[C@@H](O)[C@H](O)[C@H]1O. The topological polar surface area (TPSA) is 213 Å². The Morgan fingerprint density at radius 1 is 0.931 bits per heavy atom. The Morgan fingerprint density at radius 2 is 1.45 bits per heavy atom. The average Bonchev–Trinajstić information content (AvgIpc) is 2.72. The zero-order valence-corrected chi connectivity index (χ0v) is 16.0. The molecule has 0 bridgehead atoms. The third kappa shape index (κ3) is 4.71. The lowest BCUT2D eigenvalue weighted by Gasteiger charge is -2.47. The number of hydrogen-bond acceptors (Lipinski definition) is 12. The first-order chi connectivity index (χ1) is 13.5. The summed E-state index contributed by atoms with van der Waals surface area (Å²) in [5.41, 5.74) is -1.40. The average molecular weight is 423 g/mol. The van der Waals surface area contributed by atoms with Crippen molar-refractivity contribution in [1.29, 1.82) is 5.26 Å². The van der Waals surface area contributed by atoms with Crippen LogP contribution >= 0.6 is 0 Å². The summed E-state index contributed by atoms with van der Waals surface area (Å²) in [6.07, 6.45) is -18.5. The molecule has 2 heterocycles. The van der Waals surface area contributed by atoms with Gasteiger partial charge in [-0.3, -0.25) is 0 Å². The largest absolute Gasteiger partial charge is 0.394 e. The van der Waals surface area contributed by atoms with Crippen LogP contribution in [0.2, 0.25) is 0 Å². The number of aliphatic hydroxyl groups is 8. The Kier molecular flexibility index (Phi) is 7.93. The molecule has 0 aromatic carbocycles. The van der Waals surface area contributed by atoms with Crippen LogP contribution in [0.15, 0.2) is 0 Å². The molecule has 2 fully saturated rings. The van der Waals surface area contributed by atoms with Crippen LogP contribution in [0, 0.1) is 11.3 Å². The minimum absolute atomic E-state index is 0.203. The molecule has 0 aromatic heterocycles. The number of nitriles is 1. The van der Waals surface area contributed by atoms with Gasteiger partial charge in [0.1, 0.15) is 61.0 Å². The molecule has 0 amide bonds. The Hall–Kier alpha value is -0.950. The fraction of sp³-hybridized carbons (Fsp3) is 0.941. The van der Waals surface area contributed by atoms with Gasteiger partial charge in [0, 0.05) is 0 Å². The van der Waals surface area contributed by atoms with Gasteiger partial charge in [-0.15, -0.1) is 0 Å². The fourth-order valence-corrected chi connectivity index (χ4v) is 3.30. The molecule has 2 rings (SSSR count). The van der Waals surface area contributed by atoms with Crippen molar-refractivity contribution in [2.45, 2.75) is 93.2 Å². The van der Waals surface area contributed by atoms with E-state index in [-0.39, 0.29) is 6.42 Å². The number of aliphatic hydroxyl groups excluding tert-OH is 8. The van der Waals surface area contributed by atoms with E-state index in [1.54, 1.807) is 6.92 Å². The summed E-state index contributed by atoms with van der Waals surface area (Å²) in [5.74, 6) is 0. The van der Waals surface area contributed by atoms with Crippen LogP contribution < -0.4 is 0 Å². The van der Waals surface area contributed by atoms with Gasteiger partial charge < -0.3 is 55.1 Å². The number of hydrogen-bond donors (Lipinski definition) is 8. The first-order valence-electron chi connectivity index (χ1n) is 9.28. The maximum Gasteiger partial charge on any atom is 0.188 e. The second-order valence-corrected chi connectivity index (χ2v) is 7.54. The van der Waals surface area contributed by atoms with Crippen molar-refractivity contribution in [3.05, 3.63) is 0 Å². The summed E-state index contributed by atoms with van der Waals surface area (Å²) in [7, 11) is 0. The second kappa shape index (κ2) is 9.46. The van der Waals surface area contributed by atoms with Gasteiger partial charge in [0.25, 0.3) is 0 Å². The van der Waals surface area contributed by atoms with Crippen molar-refractivity contribution in [1.82, 2.24) is 0 Å². The predicted octanol–water partition coefficient (Wildman–Crippen LogP) is -4.29. The van der Waals surface area contributed by atoms with Gasteiger partial charge in [-0.05, 0) is 13.3 Å². The van der Waals surface area contributed by atoms with E-state index in [4.69, 9.17) is 14.2 Å². The minimum atomic E-state index is -1.88. The molecule has 12 atom stereocenters. The normalized spacial score (nSPS) is 46.5. The lowest BCUT2D eigenvalue weighted by atomic mass is 9.86. The van der Waals surface area contributed by atoms with E-state index in [1.165, 1.54) is 6.92 Å². The summed E-state index contributed by atoms with van der Waals surface area (Å²) in [6.45, 7) is 2.33. The van der Waals surface area contributed by atoms with Crippen LogP contribution in [-0.2, 0) is 14.2 Å². The van der Waals surface area contributed by atoms with Gasteiger partial charge in [-0.25, -0.2) is 0 Å². The van der Waals surface area contributed by atoms with E-state index in [0.29, 0.717) is 0 Å². The maximum atomic E-state index is 10.6. The monoisotopic (exact) mass is 423 g/mol. The molecule has 12 nitrogen and oxygen atoms in total. The van der Waals surface area contributed by atoms with Crippen LogP contribution in [0.5, 0.6) is 0 Å². The fourth-order valence-electron chi connectivity index (χ4n) is 3.30. The van der Waals surface area contributed by atoms with E-state index in [1.807, 2.05) is 6.07 Å². The highest BCUT2D eigenvalue weighted by molar-refractivity contribution is 5.03. The van der Waals surface area contributed by atoms with Gasteiger partial charge in [-0.1, -0.05) is 6.92 Å². The van der Waals surface area contributed by atoms with Gasteiger partial charge in [0.2, 0.25) is 0 Å². The van der Waals surface area contributed by atoms with Crippen LogP contribution in [-0.4, -0.2) is 120 Å². The zero-order chi connectivity index (χ0) is 22.1. The standard InChI is InChI=1S/C17H29NO11/c1-3-17(2,5-18)29-16-12(25)9(22)11(24)15(28-16)13(26)14-10(23)8(21)7(20)6(4-19)27-14/h6-16,19-26H,3-4H2,1-2H3/t6-,7-,8+,9+,10-,11+,12-,13?,14-,15+,16+,17-/m1/s1. The van der Waals surface area contributed by atoms with Gasteiger partial charge in [0.15, 0.2) is 11.9 Å². The van der Waals surface area contributed by atoms with Crippen LogP contribution in [0.25, 0.3) is 0 Å². The number of ether oxygens (including phenoxy) is 3. The third-order valence-electron chi connectivity index (χ3n) is 5.50. The van der Waals surface area contributed by atoms with Crippen molar-refractivity contribution in [3.63, 3.8) is 0 Å². The van der Waals surface area contributed by atoms with Crippen molar-refractivity contribution >= 4 is 0 Å². The first kappa shape index (κ1) is 24.3. The van der Waals surface area contributed by atoms with Crippen molar-refractivity contribution in [2.24, 2.45) is 0 Å². The summed E-state index contributed by atoms with van der Waals surface area (Å²) in [4.78, 5) is 0. The Bertz CT molecular complexity index is 586. The predicted molar refractivity (Wildman–Crippen MR) is 91.8 cm³/mol.